The van der Waals surface area contributed by atoms with Gasteiger partial charge < -0.3 is 19.6 Å². The highest BCUT2D eigenvalue weighted by molar-refractivity contribution is 4.73. The molecule has 2 aliphatic rings. The Bertz CT molecular complexity index is 192. The van der Waals surface area contributed by atoms with Crippen LogP contribution in [0.2, 0.25) is 0 Å². The van der Waals surface area contributed by atoms with Crippen LogP contribution in [0.1, 0.15) is 14.4 Å². The highest BCUT2D eigenvalue weighted by Crippen LogP contribution is 2.03. The second-order valence-corrected chi connectivity index (χ2v) is 5.70. The van der Waals surface area contributed by atoms with Gasteiger partial charge in [0.2, 0.25) is 0 Å². The maximum Gasteiger partial charge on any atom is 0.0192 e. The van der Waals surface area contributed by atoms with E-state index in [0.717, 1.165) is 6.04 Å². The Balaban J connectivity index is 0.000000306. The number of hydrogen-bond donors (Lipinski definition) is 0. The van der Waals surface area contributed by atoms with Crippen LogP contribution in [-0.4, -0.2) is 99.6 Å². The van der Waals surface area contributed by atoms with Gasteiger partial charge in [0.05, 0.1) is 0 Å². The zero-order valence-corrected chi connectivity index (χ0v) is 12.3. The van der Waals surface area contributed by atoms with E-state index in [0.29, 0.717) is 0 Å². The van der Waals surface area contributed by atoms with Crippen LogP contribution in [0.25, 0.3) is 0 Å². The second-order valence-electron chi connectivity index (χ2n) is 5.70. The molecule has 2 aliphatic heterocycles. The van der Waals surface area contributed by atoms with Crippen molar-refractivity contribution in [2.75, 3.05) is 74.0 Å². The summed E-state index contributed by atoms with van der Waals surface area (Å²) in [5, 5.41) is 0. The van der Waals surface area contributed by atoms with E-state index >= 15 is 0 Å². The van der Waals surface area contributed by atoms with Gasteiger partial charge in [-0.05, 0) is 35.1 Å². The molecule has 2 fully saturated rings. The van der Waals surface area contributed by atoms with Crippen molar-refractivity contribution in [1.29, 1.82) is 0 Å². The minimum atomic E-state index is 0. The molecule has 0 saturated carbocycles. The number of likely N-dealkylation sites (N-methyl/N-ethyl adjacent to an activating group) is 4. The molecule has 1 atom stereocenters. The summed E-state index contributed by atoms with van der Waals surface area (Å²) in [6.07, 6.45) is 0. The van der Waals surface area contributed by atoms with Gasteiger partial charge in [-0.2, -0.15) is 0 Å². The summed E-state index contributed by atoms with van der Waals surface area (Å²) in [4.78, 5) is 9.50. The molecule has 0 aliphatic carbocycles. The predicted octanol–water partition coefficient (Wildman–Crippen LogP) is 0.752. The molecule has 2 saturated heterocycles. The smallest absolute Gasteiger partial charge is 0.0192 e. The summed E-state index contributed by atoms with van der Waals surface area (Å²) in [7, 11) is 8.72. The molecule has 2 rings (SSSR count). The SMILES string of the molecule is C.CC1CN(C)CCN1C.CN1CCN(C)CC1. The molecule has 0 aromatic carbocycles. The van der Waals surface area contributed by atoms with Crippen molar-refractivity contribution in [3.05, 3.63) is 0 Å². The predicted molar refractivity (Wildman–Crippen MR) is 81.3 cm³/mol. The van der Waals surface area contributed by atoms with E-state index in [1.54, 1.807) is 0 Å². The third kappa shape index (κ3) is 6.69. The van der Waals surface area contributed by atoms with Crippen LogP contribution < -0.4 is 0 Å². The maximum atomic E-state index is 2.40. The molecule has 0 radical (unpaired) electrons. The first-order valence-electron chi connectivity index (χ1n) is 6.75. The number of piperazine rings is 2. The summed E-state index contributed by atoms with van der Waals surface area (Å²) >= 11 is 0. The van der Waals surface area contributed by atoms with Gasteiger partial charge in [0, 0.05) is 51.9 Å². The average molecular weight is 258 g/mol. The molecule has 0 amide bonds. The number of rotatable bonds is 0. The minimum absolute atomic E-state index is 0. The van der Waals surface area contributed by atoms with Gasteiger partial charge in [0.15, 0.2) is 0 Å². The van der Waals surface area contributed by atoms with Crippen LogP contribution >= 0.6 is 0 Å². The Morgan fingerprint density at radius 2 is 1.06 bits per heavy atom. The summed E-state index contributed by atoms with van der Waals surface area (Å²) in [6, 6.07) is 0.740. The Labute approximate surface area is 115 Å². The van der Waals surface area contributed by atoms with Crippen molar-refractivity contribution in [3.8, 4) is 0 Å². The summed E-state index contributed by atoms with van der Waals surface area (Å²) in [5.41, 5.74) is 0. The Morgan fingerprint density at radius 3 is 1.39 bits per heavy atom. The molecule has 1 unspecified atom stereocenters. The van der Waals surface area contributed by atoms with Gasteiger partial charge in [0.25, 0.3) is 0 Å². The van der Waals surface area contributed by atoms with Gasteiger partial charge in [-0.25, -0.2) is 0 Å². The highest BCUT2D eigenvalue weighted by atomic mass is 15.3. The van der Waals surface area contributed by atoms with Gasteiger partial charge in [-0.15, -0.1) is 0 Å². The maximum absolute atomic E-state index is 2.40. The lowest BCUT2D eigenvalue weighted by molar-refractivity contribution is 0.125. The highest BCUT2D eigenvalue weighted by Gasteiger charge is 2.16. The second kappa shape index (κ2) is 8.86. The molecule has 0 N–H and O–H groups in total. The summed E-state index contributed by atoms with van der Waals surface area (Å²) in [5.74, 6) is 0. The molecule has 0 aromatic rings. The lowest BCUT2D eigenvalue weighted by Gasteiger charge is -2.35. The topological polar surface area (TPSA) is 13.0 Å². The zero-order chi connectivity index (χ0) is 12.8. The van der Waals surface area contributed by atoms with Gasteiger partial charge in [0.1, 0.15) is 0 Å². The van der Waals surface area contributed by atoms with Crippen LogP contribution in [0.3, 0.4) is 0 Å². The van der Waals surface area contributed by atoms with Crippen molar-refractivity contribution in [1.82, 2.24) is 19.6 Å². The molecule has 110 valence electrons. The lowest BCUT2D eigenvalue weighted by Crippen LogP contribution is -2.48. The molecular weight excluding hydrogens is 224 g/mol. The van der Waals surface area contributed by atoms with Gasteiger partial charge in [-0.1, -0.05) is 7.43 Å². The standard InChI is InChI=1S/C7H16N2.C6H14N2.CH4/c1-7-6-8(2)4-5-9(7)3;1-7-3-5-8(2)6-4-7;/h7H,4-6H2,1-3H3;3-6H2,1-2H3;1H4. The molecule has 0 spiro atoms. The van der Waals surface area contributed by atoms with Crippen LogP contribution in [0.5, 0.6) is 0 Å². The monoisotopic (exact) mass is 258 g/mol. The van der Waals surface area contributed by atoms with Crippen molar-refractivity contribution in [3.63, 3.8) is 0 Å². The normalized spacial score (nSPS) is 28.2. The van der Waals surface area contributed by atoms with E-state index < -0.39 is 0 Å². The van der Waals surface area contributed by atoms with Crippen molar-refractivity contribution in [2.45, 2.75) is 20.4 Å². The van der Waals surface area contributed by atoms with Crippen molar-refractivity contribution in [2.24, 2.45) is 0 Å². The van der Waals surface area contributed by atoms with Gasteiger partial charge in [-0.3, -0.25) is 0 Å². The lowest BCUT2D eigenvalue weighted by atomic mass is 10.2. The third-order valence-electron chi connectivity index (χ3n) is 3.89. The number of hydrogen-bond acceptors (Lipinski definition) is 4. The largest absolute Gasteiger partial charge is 0.304 e. The molecule has 0 aromatic heterocycles. The molecule has 0 bridgehead atoms. The first kappa shape index (κ1) is 17.8. The molecule has 4 nitrogen and oxygen atoms in total. The zero-order valence-electron chi connectivity index (χ0n) is 12.3. The third-order valence-corrected chi connectivity index (χ3v) is 3.89. The van der Waals surface area contributed by atoms with E-state index in [-0.39, 0.29) is 7.43 Å². The average Bonchev–Trinajstić information content (AvgIpc) is 2.29. The Morgan fingerprint density at radius 1 is 0.667 bits per heavy atom. The van der Waals surface area contributed by atoms with Crippen LogP contribution in [-0.2, 0) is 0 Å². The van der Waals surface area contributed by atoms with Crippen LogP contribution in [0.15, 0.2) is 0 Å². The quantitative estimate of drug-likeness (QED) is 0.636. The fraction of sp³-hybridized carbons (Fsp3) is 1.00. The first-order valence-corrected chi connectivity index (χ1v) is 6.75. The molecule has 4 heteroatoms. The fourth-order valence-corrected chi connectivity index (χ4v) is 2.14. The first-order chi connectivity index (χ1) is 7.99. The minimum Gasteiger partial charge on any atom is -0.304 e. The van der Waals surface area contributed by atoms with E-state index in [1.807, 2.05) is 0 Å². The van der Waals surface area contributed by atoms with E-state index in [1.165, 1.54) is 45.8 Å². The number of nitrogens with zero attached hydrogens (tertiary/aromatic N) is 4. The van der Waals surface area contributed by atoms with Gasteiger partial charge >= 0.3 is 0 Å². The Hall–Kier alpha value is -0.160. The molecule has 2 heterocycles. The fourth-order valence-electron chi connectivity index (χ4n) is 2.14. The van der Waals surface area contributed by atoms with Crippen LogP contribution in [0, 0.1) is 0 Å². The summed E-state index contributed by atoms with van der Waals surface area (Å²) in [6.45, 7) is 10.9. The summed E-state index contributed by atoms with van der Waals surface area (Å²) < 4.78 is 0. The van der Waals surface area contributed by atoms with Crippen LogP contribution in [0.4, 0.5) is 0 Å². The van der Waals surface area contributed by atoms with E-state index in [2.05, 4.69) is 54.7 Å². The van der Waals surface area contributed by atoms with Crippen molar-refractivity contribution >= 4 is 0 Å². The molecular formula is C14H34N4. The van der Waals surface area contributed by atoms with E-state index in [9.17, 15) is 0 Å². The molecule has 18 heavy (non-hydrogen) atoms. The van der Waals surface area contributed by atoms with E-state index in [4.69, 9.17) is 0 Å². The van der Waals surface area contributed by atoms with Crippen molar-refractivity contribution < 1.29 is 0 Å². The Kier molecular flexibility index (Phi) is 8.78.